The molecule has 0 radical (unpaired) electrons. The Bertz CT molecular complexity index is 303. The first-order chi connectivity index (χ1) is 7.36. The van der Waals surface area contributed by atoms with E-state index in [1.54, 1.807) is 0 Å². The van der Waals surface area contributed by atoms with Crippen LogP contribution in [0.5, 0.6) is 0 Å². The number of hydrogen-bond acceptors (Lipinski definition) is 2. The molecule has 2 heteroatoms. The highest BCUT2D eigenvalue weighted by Crippen LogP contribution is 2.24. The van der Waals surface area contributed by atoms with E-state index in [-0.39, 0.29) is 0 Å². The predicted octanol–water partition coefficient (Wildman–Crippen LogP) is 3.38. The van der Waals surface area contributed by atoms with E-state index < -0.39 is 0 Å². The molecule has 0 unspecified atom stereocenters. The number of aryl methyl sites for hydroxylation is 1. The molecule has 15 heavy (non-hydrogen) atoms. The second-order valence-corrected chi connectivity index (χ2v) is 4.55. The first kappa shape index (κ1) is 10.5. The smallest absolute Gasteiger partial charge is 0.128 e. The molecule has 1 heterocycles. The maximum absolute atomic E-state index is 4.35. The van der Waals surface area contributed by atoms with Gasteiger partial charge in [-0.2, -0.15) is 0 Å². The third-order valence-electron chi connectivity index (χ3n) is 3.29. The molecule has 1 N–H and O–H groups in total. The van der Waals surface area contributed by atoms with Crippen LogP contribution in [0.15, 0.2) is 18.3 Å². The topological polar surface area (TPSA) is 24.9 Å². The first-order valence-electron chi connectivity index (χ1n) is 6.02. The van der Waals surface area contributed by atoms with Gasteiger partial charge in [-0.05, 0) is 37.3 Å². The van der Waals surface area contributed by atoms with Gasteiger partial charge in [0.2, 0.25) is 0 Å². The molecular weight excluding hydrogens is 184 g/mol. The van der Waals surface area contributed by atoms with Crippen LogP contribution in [0.1, 0.15) is 37.7 Å². The monoisotopic (exact) mass is 204 g/mol. The van der Waals surface area contributed by atoms with Gasteiger partial charge in [0.25, 0.3) is 0 Å². The summed E-state index contributed by atoms with van der Waals surface area (Å²) in [6, 6.07) is 4.09. The Morgan fingerprint density at radius 3 is 2.87 bits per heavy atom. The molecule has 1 aromatic rings. The van der Waals surface area contributed by atoms with Crippen LogP contribution in [0.25, 0.3) is 0 Å². The highest BCUT2D eigenvalue weighted by Gasteiger charge is 2.13. The molecule has 1 fully saturated rings. The molecule has 2 nitrogen and oxygen atoms in total. The number of pyridine rings is 1. The molecule has 0 spiro atoms. The van der Waals surface area contributed by atoms with Crippen LogP contribution in [-0.2, 0) is 0 Å². The van der Waals surface area contributed by atoms with E-state index in [2.05, 4.69) is 23.3 Å². The zero-order chi connectivity index (χ0) is 10.5. The molecule has 0 amide bonds. The molecular formula is C13H20N2. The lowest BCUT2D eigenvalue weighted by Gasteiger charge is -2.22. The highest BCUT2D eigenvalue weighted by atomic mass is 15.0. The Morgan fingerprint density at radius 1 is 1.33 bits per heavy atom. The molecule has 0 aliphatic heterocycles. The van der Waals surface area contributed by atoms with Gasteiger partial charge in [-0.1, -0.05) is 25.3 Å². The van der Waals surface area contributed by atoms with Crippen molar-refractivity contribution in [2.45, 2.75) is 39.0 Å². The normalized spacial score (nSPS) is 17.7. The van der Waals surface area contributed by atoms with E-state index in [1.807, 2.05) is 12.3 Å². The van der Waals surface area contributed by atoms with Crippen LogP contribution < -0.4 is 5.32 Å². The summed E-state index contributed by atoms with van der Waals surface area (Å²) in [6.07, 6.45) is 8.88. The summed E-state index contributed by atoms with van der Waals surface area (Å²) in [5, 5.41) is 3.47. The molecule has 1 aliphatic carbocycles. The molecule has 0 bridgehead atoms. The molecule has 82 valence electrons. The van der Waals surface area contributed by atoms with Gasteiger partial charge in [-0.3, -0.25) is 0 Å². The van der Waals surface area contributed by atoms with Gasteiger partial charge in [0.1, 0.15) is 5.82 Å². The van der Waals surface area contributed by atoms with Crippen molar-refractivity contribution in [2.24, 2.45) is 5.92 Å². The van der Waals surface area contributed by atoms with Crippen molar-refractivity contribution in [1.82, 2.24) is 4.98 Å². The van der Waals surface area contributed by atoms with Crippen LogP contribution in [0, 0.1) is 12.8 Å². The third kappa shape index (κ3) is 2.95. The Kier molecular flexibility index (Phi) is 3.59. The fourth-order valence-corrected chi connectivity index (χ4v) is 2.30. The van der Waals surface area contributed by atoms with Crippen molar-refractivity contribution in [2.75, 3.05) is 11.9 Å². The summed E-state index contributed by atoms with van der Waals surface area (Å²) >= 11 is 0. The molecule has 0 atom stereocenters. The van der Waals surface area contributed by atoms with Gasteiger partial charge >= 0.3 is 0 Å². The second kappa shape index (κ2) is 5.15. The largest absolute Gasteiger partial charge is 0.370 e. The van der Waals surface area contributed by atoms with Gasteiger partial charge in [-0.25, -0.2) is 4.98 Å². The van der Waals surface area contributed by atoms with Gasteiger partial charge in [0, 0.05) is 12.7 Å². The van der Waals surface area contributed by atoms with E-state index in [4.69, 9.17) is 0 Å². The summed E-state index contributed by atoms with van der Waals surface area (Å²) in [5.74, 6) is 1.92. The van der Waals surface area contributed by atoms with Gasteiger partial charge in [-0.15, -0.1) is 0 Å². The molecule has 1 aliphatic rings. The van der Waals surface area contributed by atoms with Crippen molar-refractivity contribution < 1.29 is 0 Å². The van der Waals surface area contributed by atoms with E-state index in [0.717, 1.165) is 18.3 Å². The molecule has 2 rings (SSSR count). The van der Waals surface area contributed by atoms with Crippen LogP contribution in [0.4, 0.5) is 5.82 Å². The fourth-order valence-electron chi connectivity index (χ4n) is 2.30. The molecule has 1 aromatic heterocycles. The Hall–Kier alpha value is -1.05. The minimum Gasteiger partial charge on any atom is -0.370 e. The van der Waals surface area contributed by atoms with Gasteiger partial charge in [0.15, 0.2) is 0 Å². The van der Waals surface area contributed by atoms with Crippen molar-refractivity contribution in [3.05, 3.63) is 23.9 Å². The minimum absolute atomic E-state index is 0.861. The Balaban J connectivity index is 1.84. The van der Waals surface area contributed by atoms with Crippen LogP contribution in [-0.4, -0.2) is 11.5 Å². The summed E-state index contributed by atoms with van der Waals surface area (Å²) < 4.78 is 0. The third-order valence-corrected chi connectivity index (χ3v) is 3.29. The quantitative estimate of drug-likeness (QED) is 0.816. The minimum atomic E-state index is 0.861. The van der Waals surface area contributed by atoms with E-state index >= 15 is 0 Å². The molecule has 0 aromatic carbocycles. The maximum Gasteiger partial charge on any atom is 0.128 e. The number of nitrogens with one attached hydrogen (secondary N) is 1. The number of hydrogen-bond donors (Lipinski definition) is 1. The molecule has 0 saturated heterocycles. The number of anilines is 1. The Labute approximate surface area is 92.1 Å². The van der Waals surface area contributed by atoms with Crippen molar-refractivity contribution in [3.8, 4) is 0 Å². The van der Waals surface area contributed by atoms with E-state index in [1.165, 1.54) is 37.7 Å². The standard InChI is InChI=1S/C13H20N2/c1-11-6-5-9-14-13(11)15-10-12-7-3-2-4-8-12/h5-6,9,12H,2-4,7-8,10H2,1H3,(H,14,15). The van der Waals surface area contributed by atoms with E-state index in [0.29, 0.717) is 0 Å². The summed E-state index contributed by atoms with van der Waals surface area (Å²) in [6.45, 7) is 3.20. The zero-order valence-corrected chi connectivity index (χ0v) is 9.50. The molecule has 1 saturated carbocycles. The predicted molar refractivity (Wildman–Crippen MR) is 64.0 cm³/mol. The van der Waals surface area contributed by atoms with Gasteiger partial charge in [0.05, 0.1) is 0 Å². The number of aromatic nitrogens is 1. The average Bonchev–Trinajstić information content (AvgIpc) is 2.29. The van der Waals surface area contributed by atoms with Crippen molar-refractivity contribution in [3.63, 3.8) is 0 Å². The zero-order valence-electron chi connectivity index (χ0n) is 9.50. The SMILES string of the molecule is Cc1cccnc1NCC1CCCCC1. The lowest BCUT2D eigenvalue weighted by Crippen LogP contribution is -2.18. The Morgan fingerprint density at radius 2 is 2.13 bits per heavy atom. The lowest BCUT2D eigenvalue weighted by atomic mass is 9.89. The fraction of sp³-hybridized carbons (Fsp3) is 0.615. The van der Waals surface area contributed by atoms with Gasteiger partial charge < -0.3 is 5.32 Å². The van der Waals surface area contributed by atoms with Crippen molar-refractivity contribution >= 4 is 5.82 Å². The first-order valence-corrected chi connectivity index (χ1v) is 6.02. The summed E-state index contributed by atoms with van der Waals surface area (Å²) in [7, 11) is 0. The van der Waals surface area contributed by atoms with Crippen LogP contribution >= 0.6 is 0 Å². The highest BCUT2D eigenvalue weighted by molar-refractivity contribution is 5.42. The number of nitrogens with zero attached hydrogens (tertiary/aromatic N) is 1. The summed E-state index contributed by atoms with van der Waals surface area (Å²) in [4.78, 5) is 4.35. The van der Waals surface area contributed by atoms with E-state index in [9.17, 15) is 0 Å². The van der Waals surface area contributed by atoms with Crippen molar-refractivity contribution in [1.29, 1.82) is 0 Å². The number of rotatable bonds is 3. The van der Waals surface area contributed by atoms with Crippen LogP contribution in [0.3, 0.4) is 0 Å². The lowest BCUT2D eigenvalue weighted by molar-refractivity contribution is 0.373. The summed E-state index contributed by atoms with van der Waals surface area (Å²) in [5.41, 5.74) is 1.24. The average molecular weight is 204 g/mol. The van der Waals surface area contributed by atoms with Crippen LogP contribution in [0.2, 0.25) is 0 Å². The second-order valence-electron chi connectivity index (χ2n) is 4.55. The maximum atomic E-state index is 4.35.